The van der Waals surface area contributed by atoms with Gasteiger partial charge >= 0.3 is 0 Å². The molecule has 10 rings (SSSR count). The number of aliphatic imine (C=N–C) groups is 1. The molecule has 0 fully saturated rings. The van der Waals surface area contributed by atoms with Crippen LogP contribution < -0.4 is 20.6 Å². The first kappa shape index (κ1) is 25.0. The molecule has 0 aliphatic carbocycles. The van der Waals surface area contributed by atoms with Crippen molar-refractivity contribution in [1.82, 2.24) is 4.57 Å². The predicted molar refractivity (Wildman–Crippen MR) is 190 cm³/mol. The van der Waals surface area contributed by atoms with Gasteiger partial charge in [-0.2, -0.15) is 0 Å². The normalized spacial score (nSPS) is 13.9. The highest BCUT2D eigenvalue weighted by atomic mass is 32.1. The van der Waals surface area contributed by atoms with Crippen LogP contribution in [0, 0.1) is 0 Å². The summed E-state index contributed by atoms with van der Waals surface area (Å²) in [5.41, 5.74) is 9.36. The minimum Gasteiger partial charge on any atom is -0.460 e. The summed E-state index contributed by atoms with van der Waals surface area (Å²) in [5, 5.41) is 3.65. The Kier molecular flexibility index (Phi) is 5.34. The van der Waals surface area contributed by atoms with Gasteiger partial charge in [0.05, 0.1) is 11.2 Å². The molecule has 4 nitrogen and oxygen atoms in total. The van der Waals surface area contributed by atoms with E-state index in [0.717, 1.165) is 46.6 Å². The number of furan rings is 1. The van der Waals surface area contributed by atoms with Crippen LogP contribution in [0.15, 0.2) is 137 Å². The fourth-order valence-corrected chi connectivity index (χ4v) is 8.80. The van der Waals surface area contributed by atoms with Crippen molar-refractivity contribution in [2.75, 3.05) is 11.4 Å². The minimum atomic E-state index is 0.0808. The molecular formula is C39H26BN3OS. The van der Waals surface area contributed by atoms with Gasteiger partial charge in [0.25, 0.3) is 6.71 Å². The van der Waals surface area contributed by atoms with Crippen LogP contribution in [0.5, 0.6) is 0 Å². The Morgan fingerprint density at radius 1 is 0.711 bits per heavy atom. The maximum atomic E-state index is 6.33. The van der Waals surface area contributed by atoms with Crippen molar-refractivity contribution in [3.05, 3.63) is 139 Å². The van der Waals surface area contributed by atoms with Crippen LogP contribution in [0.25, 0.3) is 37.6 Å². The summed E-state index contributed by atoms with van der Waals surface area (Å²) in [5.74, 6) is 2.21. The van der Waals surface area contributed by atoms with Gasteiger partial charge in [0.15, 0.2) is 0 Å². The number of para-hydroxylation sites is 2. The quantitative estimate of drug-likeness (QED) is 0.195. The average molecular weight is 596 g/mol. The van der Waals surface area contributed by atoms with Crippen molar-refractivity contribution in [2.45, 2.75) is 6.42 Å². The number of thiophene rings is 1. The molecule has 3 aromatic heterocycles. The second-order valence-electron chi connectivity index (χ2n) is 11.8. The van der Waals surface area contributed by atoms with Crippen molar-refractivity contribution in [2.24, 2.45) is 4.99 Å². The number of rotatable bonds is 3. The van der Waals surface area contributed by atoms with E-state index in [1.54, 1.807) is 0 Å². The second-order valence-corrected chi connectivity index (χ2v) is 12.9. The molecule has 2 aliphatic rings. The molecule has 5 heterocycles. The molecule has 6 heteroatoms. The van der Waals surface area contributed by atoms with Gasteiger partial charge in [0, 0.05) is 56.4 Å². The predicted octanol–water partition coefficient (Wildman–Crippen LogP) is 7.87. The molecule has 0 N–H and O–H groups in total. The number of hydrogen-bond donors (Lipinski definition) is 0. The monoisotopic (exact) mass is 595 g/mol. The molecule has 0 amide bonds. The zero-order valence-corrected chi connectivity index (χ0v) is 25.2. The van der Waals surface area contributed by atoms with Crippen LogP contribution in [0.2, 0.25) is 0 Å². The smallest absolute Gasteiger partial charge is 0.262 e. The van der Waals surface area contributed by atoms with Crippen molar-refractivity contribution in [3.8, 4) is 5.69 Å². The van der Waals surface area contributed by atoms with Crippen LogP contribution in [-0.4, -0.2) is 24.0 Å². The van der Waals surface area contributed by atoms with Crippen LogP contribution >= 0.6 is 11.3 Å². The molecule has 0 spiro atoms. The van der Waals surface area contributed by atoms with Crippen LogP contribution in [0.3, 0.4) is 0 Å². The highest BCUT2D eigenvalue weighted by Gasteiger charge is 2.42. The molecule has 0 atom stereocenters. The molecule has 0 saturated heterocycles. The van der Waals surface area contributed by atoms with Gasteiger partial charge in [-0.15, -0.1) is 11.3 Å². The molecule has 8 aromatic rings. The van der Waals surface area contributed by atoms with E-state index in [-0.39, 0.29) is 6.71 Å². The van der Waals surface area contributed by atoms with Gasteiger partial charge in [-0.25, -0.2) is 0 Å². The summed E-state index contributed by atoms with van der Waals surface area (Å²) in [7, 11) is 0. The lowest BCUT2D eigenvalue weighted by Crippen LogP contribution is -2.56. The Morgan fingerprint density at radius 2 is 1.47 bits per heavy atom. The van der Waals surface area contributed by atoms with E-state index in [1.807, 2.05) is 17.6 Å². The van der Waals surface area contributed by atoms with Crippen molar-refractivity contribution in [3.63, 3.8) is 0 Å². The molecule has 0 bridgehead atoms. The Bertz CT molecular complexity index is 2460. The van der Waals surface area contributed by atoms with Gasteiger partial charge in [0.2, 0.25) is 0 Å². The maximum absolute atomic E-state index is 6.33. The van der Waals surface area contributed by atoms with Gasteiger partial charge in [-0.1, -0.05) is 90.4 Å². The van der Waals surface area contributed by atoms with E-state index in [4.69, 9.17) is 4.42 Å². The molecule has 5 aromatic carbocycles. The number of fused-ring (bicyclic) bond motifs is 9. The summed E-state index contributed by atoms with van der Waals surface area (Å²) in [6.45, 7) is 0.856. The van der Waals surface area contributed by atoms with Gasteiger partial charge < -0.3 is 4.42 Å². The van der Waals surface area contributed by atoms with Gasteiger partial charge in [-0.05, 0) is 53.3 Å². The van der Waals surface area contributed by atoms with Crippen LogP contribution in [0.1, 0.15) is 11.3 Å². The summed E-state index contributed by atoms with van der Waals surface area (Å²) >= 11 is 1.92. The SMILES string of the molecule is C1=NCCc2oc3ccc(N4c5c(sc6ccccc56)B(c5ccccc5)c5c4n(-c4ccccc4)c4ccccc54)cc3c21. The molecule has 0 unspecified atom stereocenters. The van der Waals surface area contributed by atoms with Crippen molar-refractivity contribution < 1.29 is 4.42 Å². The van der Waals surface area contributed by atoms with Crippen molar-refractivity contribution >= 4 is 89.1 Å². The maximum Gasteiger partial charge on any atom is 0.262 e. The van der Waals surface area contributed by atoms with E-state index >= 15 is 0 Å². The minimum absolute atomic E-state index is 0.0808. The fourth-order valence-electron chi connectivity index (χ4n) is 7.47. The van der Waals surface area contributed by atoms with Crippen molar-refractivity contribution in [1.29, 1.82) is 0 Å². The summed E-state index contributed by atoms with van der Waals surface area (Å²) < 4.78 is 11.5. The topological polar surface area (TPSA) is 33.7 Å². The second kappa shape index (κ2) is 9.59. The summed E-state index contributed by atoms with van der Waals surface area (Å²) in [6, 6.07) is 46.3. The first-order chi connectivity index (χ1) is 22.3. The van der Waals surface area contributed by atoms with Crippen LogP contribution in [-0.2, 0) is 6.42 Å². The van der Waals surface area contributed by atoms with E-state index in [9.17, 15) is 0 Å². The molecule has 0 saturated carbocycles. The molecular weight excluding hydrogens is 569 g/mol. The lowest BCUT2D eigenvalue weighted by Gasteiger charge is -2.35. The lowest BCUT2D eigenvalue weighted by molar-refractivity contribution is 0.547. The third-order valence-electron chi connectivity index (χ3n) is 9.35. The Hall–Kier alpha value is -5.33. The van der Waals surface area contributed by atoms with E-state index < -0.39 is 0 Å². The zero-order valence-electron chi connectivity index (χ0n) is 24.4. The Balaban J connectivity index is 1.38. The van der Waals surface area contributed by atoms with Gasteiger partial charge in [0.1, 0.15) is 17.2 Å². The standard InChI is InChI=1S/C39H26BN3OS/c1-3-11-25(12-4-1)40-36-28-15-7-9-17-32(28)42(26-13-5-2-6-14-26)39(36)43(37-29-16-8-10-18-35(29)45-38(37)40)27-19-20-33-30(23-27)31-24-41-22-21-34(31)44-33/h1-20,23-24H,21-22H2. The first-order valence-corrected chi connectivity index (χ1v) is 16.3. The molecule has 212 valence electrons. The first-order valence-electron chi connectivity index (χ1n) is 15.5. The van der Waals surface area contributed by atoms with Crippen LogP contribution in [0.4, 0.5) is 17.2 Å². The van der Waals surface area contributed by atoms with E-state index in [0.29, 0.717) is 0 Å². The Labute approximate surface area is 264 Å². The molecule has 0 radical (unpaired) electrons. The summed E-state index contributed by atoms with van der Waals surface area (Å²) in [4.78, 5) is 7.14. The number of anilines is 3. The Morgan fingerprint density at radius 3 is 2.33 bits per heavy atom. The molecule has 2 aliphatic heterocycles. The average Bonchev–Trinajstić information content (AvgIpc) is 3.78. The fraction of sp³-hybridized carbons (Fsp3) is 0.0513. The zero-order chi connectivity index (χ0) is 29.5. The largest absolute Gasteiger partial charge is 0.460 e. The number of aromatic nitrogens is 1. The third-order valence-corrected chi connectivity index (χ3v) is 10.6. The summed E-state index contributed by atoms with van der Waals surface area (Å²) in [6.07, 6.45) is 2.83. The van der Waals surface area contributed by atoms with E-state index in [1.165, 1.54) is 48.2 Å². The number of hydrogen-bond acceptors (Lipinski definition) is 4. The number of benzene rings is 5. The van der Waals surface area contributed by atoms with Gasteiger partial charge in [-0.3, -0.25) is 14.5 Å². The highest BCUT2D eigenvalue weighted by molar-refractivity contribution is 7.33. The number of nitrogens with zero attached hydrogens (tertiary/aromatic N) is 3. The molecule has 45 heavy (non-hydrogen) atoms. The van der Waals surface area contributed by atoms with E-state index in [2.05, 4.69) is 142 Å². The highest BCUT2D eigenvalue weighted by Crippen LogP contribution is 2.47. The third kappa shape index (κ3) is 3.57. The lowest BCUT2D eigenvalue weighted by atomic mass is 9.38.